The van der Waals surface area contributed by atoms with E-state index in [2.05, 4.69) is 52.0 Å². The van der Waals surface area contributed by atoms with Crippen molar-refractivity contribution in [1.82, 2.24) is 4.90 Å². The molecule has 1 aromatic carbocycles. The van der Waals surface area contributed by atoms with E-state index in [9.17, 15) is 5.26 Å². The average Bonchev–Trinajstić information content (AvgIpc) is 2.76. The SMILES string of the molecule is CN(C)CC1CCCN1c1ccc(Br)cc1C#N. The molecule has 1 atom stereocenters. The Balaban J connectivity index is 2.27. The van der Waals surface area contributed by atoms with Gasteiger partial charge in [-0.1, -0.05) is 15.9 Å². The number of nitriles is 1. The lowest BCUT2D eigenvalue weighted by Crippen LogP contribution is -2.37. The van der Waals surface area contributed by atoms with Crippen molar-refractivity contribution in [3.8, 4) is 6.07 Å². The Labute approximate surface area is 117 Å². The summed E-state index contributed by atoms with van der Waals surface area (Å²) >= 11 is 3.42. The molecule has 0 aromatic heterocycles. The lowest BCUT2D eigenvalue weighted by atomic mass is 10.1. The van der Waals surface area contributed by atoms with Crippen LogP contribution in [0.15, 0.2) is 22.7 Å². The van der Waals surface area contributed by atoms with Gasteiger partial charge in [-0.05, 0) is 45.1 Å². The zero-order chi connectivity index (χ0) is 13.1. The zero-order valence-corrected chi connectivity index (χ0v) is 12.4. The van der Waals surface area contributed by atoms with Crippen molar-refractivity contribution in [2.24, 2.45) is 0 Å². The highest BCUT2D eigenvalue weighted by Gasteiger charge is 2.26. The Morgan fingerprint density at radius 1 is 1.50 bits per heavy atom. The quantitative estimate of drug-likeness (QED) is 0.860. The summed E-state index contributed by atoms with van der Waals surface area (Å²) in [6, 6.07) is 8.79. The van der Waals surface area contributed by atoms with Gasteiger partial charge in [0, 0.05) is 23.6 Å². The van der Waals surface area contributed by atoms with Gasteiger partial charge in [0.05, 0.1) is 11.3 Å². The van der Waals surface area contributed by atoms with Gasteiger partial charge in [-0.2, -0.15) is 5.26 Å². The van der Waals surface area contributed by atoms with E-state index in [0.717, 1.165) is 28.8 Å². The normalized spacial score (nSPS) is 19.3. The average molecular weight is 308 g/mol. The summed E-state index contributed by atoms with van der Waals surface area (Å²) in [7, 11) is 4.20. The first kappa shape index (κ1) is 13.4. The van der Waals surface area contributed by atoms with Crippen LogP contribution in [0.4, 0.5) is 5.69 Å². The number of likely N-dealkylation sites (N-methyl/N-ethyl adjacent to an activating group) is 1. The lowest BCUT2D eigenvalue weighted by Gasteiger charge is -2.29. The lowest BCUT2D eigenvalue weighted by molar-refractivity contribution is 0.372. The van der Waals surface area contributed by atoms with Crippen LogP contribution in [0.1, 0.15) is 18.4 Å². The molecule has 4 heteroatoms. The van der Waals surface area contributed by atoms with Crippen molar-refractivity contribution in [1.29, 1.82) is 5.26 Å². The third kappa shape index (κ3) is 2.85. The second-order valence-electron chi connectivity index (χ2n) is 5.02. The van der Waals surface area contributed by atoms with Gasteiger partial charge in [-0.15, -0.1) is 0 Å². The summed E-state index contributed by atoms with van der Waals surface area (Å²) in [6.45, 7) is 2.09. The summed E-state index contributed by atoms with van der Waals surface area (Å²) in [5.41, 5.74) is 1.83. The van der Waals surface area contributed by atoms with Crippen LogP contribution in [0.25, 0.3) is 0 Å². The van der Waals surface area contributed by atoms with Gasteiger partial charge in [-0.3, -0.25) is 0 Å². The number of hydrogen-bond donors (Lipinski definition) is 0. The van der Waals surface area contributed by atoms with Gasteiger partial charge in [0.15, 0.2) is 0 Å². The van der Waals surface area contributed by atoms with Crippen LogP contribution in [0.5, 0.6) is 0 Å². The maximum absolute atomic E-state index is 9.26. The van der Waals surface area contributed by atoms with Crippen LogP contribution in [-0.2, 0) is 0 Å². The Kier molecular flexibility index (Phi) is 4.26. The Morgan fingerprint density at radius 3 is 2.94 bits per heavy atom. The van der Waals surface area contributed by atoms with Crippen molar-refractivity contribution < 1.29 is 0 Å². The fourth-order valence-electron chi connectivity index (χ4n) is 2.61. The fourth-order valence-corrected chi connectivity index (χ4v) is 2.97. The molecular weight excluding hydrogens is 290 g/mol. The van der Waals surface area contributed by atoms with Crippen LogP contribution in [0, 0.1) is 11.3 Å². The monoisotopic (exact) mass is 307 g/mol. The second-order valence-corrected chi connectivity index (χ2v) is 5.94. The third-order valence-electron chi connectivity index (χ3n) is 3.34. The molecule has 1 heterocycles. The highest BCUT2D eigenvalue weighted by molar-refractivity contribution is 9.10. The largest absolute Gasteiger partial charge is 0.366 e. The first-order chi connectivity index (χ1) is 8.61. The molecule has 2 rings (SSSR count). The highest BCUT2D eigenvalue weighted by atomic mass is 79.9. The molecule has 3 nitrogen and oxygen atoms in total. The van der Waals surface area contributed by atoms with Crippen molar-refractivity contribution in [3.05, 3.63) is 28.2 Å². The van der Waals surface area contributed by atoms with E-state index in [1.807, 2.05) is 12.1 Å². The molecule has 1 unspecified atom stereocenters. The smallest absolute Gasteiger partial charge is 0.101 e. The second kappa shape index (κ2) is 5.73. The molecule has 1 aliphatic rings. The molecule has 0 radical (unpaired) electrons. The summed E-state index contributed by atoms with van der Waals surface area (Å²) in [4.78, 5) is 4.60. The minimum Gasteiger partial charge on any atom is -0.366 e. The van der Waals surface area contributed by atoms with Crippen molar-refractivity contribution in [2.75, 3.05) is 32.1 Å². The van der Waals surface area contributed by atoms with Gasteiger partial charge in [0.1, 0.15) is 6.07 Å². The standard InChI is InChI=1S/C14H18BrN3/c1-17(2)10-13-4-3-7-18(13)14-6-5-12(15)8-11(14)9-16/h5-6,8,13H,3-4,7,10H2,1-2H3. The Morgan fingerprint density at radius 2 is 2.28 bits per heavy atom. The van der Waals surface area contributed by atoms with E-state index in [-0.39, 0.29) is 0 Å². The van der Waals surface area contributed by atoms with Crippen LogP contribution in [0.3, 0.4) is 0 Å². The number of rotatable bonds is 3. The molecule has 18 heavy (non-hydrogen) atoms. The molecule has 1 aromatic rings. The predicted octanol–water partition coefficient (Wildman–Crippen LogP) is 2.85. The van der Waals surface area contributed by atoms with Crippen LogP contribution in [-0.4, -0.2) is 38.1 Å². The van der Waals surface area contributed by atoms with Crippen molar-refractivity contribution >= 4 is 21.6 Å². The maximum atomic E-state index is 9.26. The molecule has 96 valence electrons. The zero-order valence-electron chi connectivity index (χ0n) is 10.9. The number of anilines is 1. The molecule has 0 bridgehead atoms. The molecule has 0 amide bonds. The van der Waals surface area contributed by atoms with Gasteiger partial charge in [-0.25, -0.2) is 0 Å². The summed E-state index contributed by atoms with van der Waals surface area (Å²) in [5.74, 6) is 0. The highest BCUT2D eigenvalue weighted by Crippen LogP contribution is 2.30. The first-order valence-electron chi connectivity index (χ1n) is 6.23. The summed E-state index contributed by atoms with van der Waals surface area (Å²) in [6.07, 6.45) is 2.42. The van der Waals surface area contributed by atoms with E-state index < -0.39 is 0 Å². The Bertz CT molecular complexity index is 465. The van der Waals surface area contributed by atoms with Crippen molar-refractivity contribution in [2.45, 2.75) is 18.9 Å². The predicted molar refractivity (Wildman–Crippen MR) is 77.8 cm³/mol. The minimum absolute atomic E-state index is 0.522. The van der Waals surface area contributed by atoms with Crippen LogP contribution >= 0.6 is 15.9 Å². The van der Waals surface area contributed by atoms with Gasteiger partial charge in [0.2, 0.25) is 0 Å². The van der Waals surface area contributed by atoms with E-state index >= 15 is 0 Å². The number of hydrogen-bond acceptors (Lipinski definition) is 3. The molecule has 0 aliphatic carbocycles. The summed E-state index contributed by atoms with van der Waals surface area (Å²) < 4.78 is 0.964. The molecule has 1 saturated heterocycles. The molecule has 0 spiro atoms. The minimum atomic E-state index is 0.522. The van der Waals surface area contributed by atoms with Crippen LogP contribution < -0.4 is 4.90 Å². The number of benzene rings is 1. The third-order valence-corrected chi connectivity index (χ3v) is 3.83. The van der Waals surface area contributed by atoms with E-state index in [1.165, 1.54) is 12.8 Å². The Hall–Kier alpha value is -1.05. The van der Waals surface area contributed by atoms with Crippen LogP contribution in [0.2, 0.25) is 0 Å². The molecule has 0 saturated carbocycles. The topological polar surface area (TPSA) is 30.3 Å². The molecular formula is C14H18BrN3. The van der Waals surface area contributed by atoms with Gasteiger partial charge < -0.3 is 9.80 Å². The van der Waals surface area contributed by atoms with E-state index in [4.69, 9.17) is 0 Å². The van der Waals surface area contributed by atoms with E-state index in [0.29, 0.717) is 6.04 Å². The summed E-state index contributed by atoms with van der Waals surface area (Å²) in [5, 5.41) is 9.26. The number of halogens is 1. The van der Waals surface area contributed by atoms with Gasteiger partial charge in [0.25, 0.3) is 0 Å². The molecule has 1 aliphatic heterocycles. The fraction of sp³-hybridized carbons (Fsp3) is 0.500. The van der Waals surface area contributed by atoms with Gasteiger partial charge >= 0.3 is 0 Å². The number of nitrogens with zero attached hydrogens (tertiary/aromatic N) is 3. The molecule has 1 fully saturated rings. The van der Waals surface area contributed by atoms with E-state index in [1.54, 1.807) is 0 Å². The maximum Gasteiger partial charge on any atom is 0.101 e. The molecule has 0 N–H and O–H groups in total. The van der Waals surface area contributed by atoms with Crippen molar-refractivity contribution in [3.63, 3.8) is 0 Å². The first-order valence-corrected chi connectivity index (χ1v) is 7.02.